The molecule has 2 aliphatic heterocycles. The van der Waals surface area contributed by atoms with E-state index in [1.54, 1.807) is 19.2 Å². The molecule has 7 nitrogen and oxygen atoms in total. The predicted octanol–water partition coefficient (Wildman–Crippen LogP) is 4.19. The van der Waals surface area contributed by atoms with Crippen molar-refractivity contribution in [3.8, 4) is 17.1 Å². The smallest absolute Gasteiger partial charge is 0.199 e. The lowest BCUT2D eigenvalue weighted by Crippen LogP contribution is -2.47. The van der Waals surface area contributed by atoms with Crippen molar-refractivity contribution in [1.82, 2.24) is 19.2 Å². The number of anilines is 1. The Labute approximate surface area is 204 Å². The molecule has 0 spiro atoms. The highest BCUT2D eigenvalue weighted by Crippen LogP contribution is 2.28. The maximum Gasteiger partial charge on any atom is 0.199 e. The Balaban J connectivity index is 1.33. The number of hydrogen-bond donors (Lipinski definition) is 0. The molecule has 0 saturated carbocycles. The number of aromatic nitrogens is 3. The third kappa shape index (κ3) is 4.87. The molecule has 0 amide bonds. The molecule has 0 N–H and O–H groups in total. The second-order valence-electron chi connectivity index (χ2n) is 8.78. The van der Waals surface area contributed by atoms with E-state index >= 15 is 0 Å². The number of nitrogens with zero attached hydrogens (tertiary/aromatic N) is 5. The van der Waals surface area contributed by atoms with E-state index in [-0.39, 0.29) is 11.9 Å². The molecule has 0 aliphatic carbocycles. The summed E-state index contributed by atoms with van der Waals surface area (Å²) in [6, 6.07) is 14.6. The maximum atomic E-state index is 13.5. The van der Waals surface area contributed by atoms with Crippen molar-refractivity contribution in [1.29, 1.82) is 0 Å². The van der Waals surface area contributed by atoms with Crippen LogP contribution < -0.4 is 9.64 Å². The van der Waals surface area contributed by atoms with E-state index in [9.17, 15) is 4.39 Å². The van der Waals surface area contributed by atoms with E-state index < -0.39 is 0 Å². The van der Waals surface area contributed by atoms with Crippen LogP contribution in [-0.2, 0) is 18.0 Å². The summed E-state index contributed by atoms with van der Waals surface area (Å²) in [7, 11) is 1.71. The van der Waals surface area contributed by atoms with Crippen LogP contribution in [-0.4, -0.2) is 65.2 Å². The molecular formula is C25H30FN5O2S. The number of piperazine rings is 1. The van der Waals surface area contributed by atoms with Crippen LogP contribution in [0.25, 0.3) is 11.4 Å². The number of ether oxygens (including phenoxy) is 2. The number of rotatable bonds is 7. The van der Waals surface area contributed by atoms with Gasteiger partial charge >= 0.3 is 0 Å². The van der Waals surface area contributed by atoms with Crippen molar-refractivity contribution in [2.45, 2.75) is 32.2 Å². The summed E-state index contributed by atoms with van der Waals surface area (Å²) < 4.78 is 29.5. The van der Waals surface area contributed by atoms with Gasteiger partial charge in [0.15, 0.2) is 10.6 Å². The molecule has 2 aliphatic rings. The Kier molecular flexibility index (Phi) is 6.94. The Morgan fingerprint density at radius 2 is 1.85 bits per heavy atom. The first-order chi connectivity index (χ1) is 16.6. The van der Waals surface area contributed by atoms with Gasteiger partial charge in [0.1, 0.15) is 11.6 Å². The van der Waals surface area contributed by atoms with Gasteiger partial charge in [-0.25, -0.2) is 9.07 Å². The minimum atomic E-state index is -0.264. The molecule has 0 radical (unpaired) electrons. The van der Waals surface area contributed by atoms with Crippen molar-refractivity contribution in [2.24, 2.45) is 0 Å². The van der Waals surface area contributed by atoms with E-state index in [1.807, 2.05) is 27.4 Å². The van der Waals surface area contributed by atoms with Gasteiger partial charge < -0.3 is 14.4 Å². The Morgan fingerprint density at radius 1 is 1.09 bits per heavy atom. The number of halogens is 1. The molecule has 3 heterocycles. The molecular weight excluding hydrogens is 453 g/mol. The van der Waals surface area contributed by atoms with Gasteiger partial charge in [0, 0.05) is 38.3 Å². The Hall–Kier alpha value is -2.75. The third-order valence-corrected chi connectivity index (χ3v) is 7.00. The van der Waals surface area contributed by atoms with Gasteiger partial charge in [0.05, 0.1) is 32.1 Å². The lowest BCUT2D eigenvalue weighted by Gasteiger charge is -2.36. The molecule has 34 heavy (non-hydrogen) atoms. The summed E-state index contributed by atoms with van der Waals surface area (Å²) in [6.45, 7) is 5.64. The zero-order valence-electron chi connectivity index (χ0n) is 19.4. The number of hydrogen-bond acceptors (Lipinski definition) is 6. The van der Waals surface area contributed by atoms with Gasteiger partial charge in [-0.1, -0.05) is 12.1 Å². The maximum absolute atomic E-state index is 13.5. The monoisotopic (exact) mass is 483 g/mol. The largest absolute Gasteiger partial charge is 0.495 e. The Bertz CT molecular complexity index is 1160. The summed E-state index contributed by atoms with van der Waals surface area (Å²) in [5.41, 5.74) is 1.98. The zero-order valence-corrected chi connectivity index (χ0v) is 20.2. The molecule has 2 aromatic carbocycles. The summed E-state index contributed by atoms with van der Waals surface area (Å²) in [5, 5.41) is 4.87. The van der Waals surface area contributed by atoms with Gasteiger partial charge in [0.25, 0.3) is 0 Å². The lowest BCUT2D eigenvalue weighted by atomic mass is 10.2. The van der Waals surface area contributed by atoms with E-state index in [1.165, 1.54) is 12.1 Å². The van der Waals surface area contributed by atoms with Crippen molar-refractivity contribution in [3.05, 3.63) is 59.1 Å². The van der Waals surface area contributed by atoms with Gasteiger partial charge in [-0.3, -0.25) is 9.47 Å². The molecule has 5 rings (SSSR count). The van der Waals surface area contributed by atoms with Crippen molar-refractivity contribution in [2.75, 3.05) is 44.8 Å². The molecule has 180 valence electrons. The highest BCUT2D eigenvalue weighted by atomic mass is 32.1. The number of para-hydroxylation sites is 2. The molecule has 3 aromatic rings. The summed E-state index contributed by atoms with van der Waals surface area (Å²) in [4.78, 5) is 4.72. The second kappa shape index (κ2) is 10.2. The molecule has 9 heteroatoms. The van der Waals surface area contributed by atoms with Crippen molar-refractivity contribution in [3.63, 3.8) is 0 Å². The summed E-state index contributed by atoms with van der Waals surface area (Å²) >= 11 is 5.85. The normalized spacial score (nSPS) is 19.0. The van der Waals surface area contributed by atoms with Gasteiger partial charge in [-0.2, -0.15) is 5.10 Å². The van der Waals surface area contributed by atoms with Gasteiger partial charge in [-0.15, -0.1) is 0 Å². The quantitative estimate of drug-likeness (QED) is 0.470. The fraction of sp³-hybridized carbons (Fsp3) is 0.440. The summed E-state index contributed by atoms with van der Waals surface area (Å²) in [6.07, 6.45) is 2.21. The van der Waals surface area contributed by atoms with E-state index in [0.29, 0.717) is 18.0 Å². The SMILES string of the molecule is COc1ccccc1N1CCN(Cn2nc(-c3ccc(F)cc3)n(CC3CCCO3)c2=S)CC1. The fourth-order valence-electron chi connectivity index (χ4n) is 4.71. The van der Waals surface area contributed by atoms with E-state index in [0.717, 1.165) is 68.5 Å². The first-order valence-electron chi connectivity index (χ1n) is 11.8. The predicted molar refractivity (Wildman–Crippen MR) is 132 cm³/mol. The fourth-order valence-corrected chi connectivity index (χ4v) is 4.97. The molecule has 2 fully saturated rings. The molecule has 1 aromatic heterocycles. The molecule has 0 bridgehead atoms. The van der Waals surface area contributed by atoms with Crippen molar-refractivity contribution < 1.29 is 13.9 Å². The average Bonchev–Trinajstić information content (AvgIpc) is 3.49. The van der Waals surface area contributed by atoms with Crippen LogP contribution in [0.3, 0.4) is 0 Å². The van der Waals surface area contributed by atoms with Gasteiger partial charge in [0.2, 0.25) is 0 Å². The lowest BCUT2D eigenvalue weighted by molar-refractivity contribution is 0.0966. The minimum absolute atomic E-state index is 0.132. The van der Waals surface area contributed by atoms with Crippen LogP contribution in [0.2, 0.25) is 0 Å². The zero-order chi connectivity index (χ0) is 23.5. The standard InChI is InChI=1S/C25H30FN5O2S/c1-32-23-7-3-2-6-22(23)29-14-12-28(13-15-29)18-31-25(34)30(17-21-5-4-16-33-21)24(27-31)19-8-10-20(26)11-9-19/h2-3,6-11,21H,4-5,12-18H2,1H3. The van der Waals surface area contributed by atoms with Crippen LogP contribution in [0.1, 0.15) is 12.8 Å². The third-order valence-electron chi connectivity index (χ3n) is 6.57. The average molecular weight is 484 g/mol. The second-order valence-corrected chi connectivity index (χ2v) is 9.14. The van der Waals surface area contributed by atoms with Crippen molar-refractivity contribution >= 4 is 17.9 Å². The molecule has 2 saturated heterocycles. The minimum Gasteiger partial charge on any atom is -0.495 e. The van der Waals surface area contributed by atoms with Crippen LogP contribution in [0, 0.1) is 10.6 Å². The first-order valence-corrected chi connectivity index (χ1v) is 12.2. The Morgan fingerprint density at radius 3 is 2.56 bits per heavy atom. The summed E-state index contributed by atoms with van der Waals surface area (Å²) in [5.74, 6) is 1.39. The number of benzene rings is 2. The van der Waals surface area contributed by atoms with E-state index in [2.05, 4.69) is 15.9 Å². The van der Waals surface area contributed by atoms with Crippen LogP contribution in [0.15, 0.2) is 48.5 Å². The number of methoxy groups -OCH3 is 1. The van der Waals surface area contributed by atoms with Gasteiger partial charge in [-0.05, 0) is 61.5 Å². The van der Waals surface area contributed by atoms with Crippen LogP contribution in [0.5, 0.6) is 5.75 Å². The van der Waals surface area contributed by atoms with Crippen LogP contribution in [0.4, 0.5) is 10.1 Å². The molecule has 1 unspecified atom stereocenters. The van der Waals surface area contributed by atoms with E-state index in [4.69, 9.17) is 26.8 Å². The highest BCUT2D eigenvalue weighted by molar-refractivity contribution is 7.71. The van der Waals surface area contributed by atoms with Crippen LogP contribution >= 0.6 is 12.2 Å². The first kappa shape index (κ1) is 23.0. The molecule has 1 atom stereocenters. The highest BCUT2D eigenvalue weighted by Gasteiger charge is 2.23. The topological polar surface area (TPSA) is 47.7 Å².